The molecule has 0 unspecified atom stereocenters. The Hall–Kier alpha value is -1.10. The van der Waals surface area contributed by atoms with Gasteiger partial charge in [0.15, 0.2) is 0 Å². The summed E-state index contributed by atoms with van der Waals surface area (Å²) >= 11 is 1.07. The summed E-state index contributed by atoms with van der Waals surface area (Å²) in [6.45, 7) is 0. The number of carbonyl (C=O) groups excluding carboxylic acids is 1. The second-order valence-corrected chi connectivity index (χ2v) is 2.58. The maximum Gasteiger partial charge on any atom is 0.256 e. The van der Waals surface area contributed by atoms with Crippen LogP contribution >= 0.6 is 11.8 Å². The summed E-state index contributed by atoms with van der Waals surface area (Å²) in [5, 5.41) is -0.169. The molecule has 0 fully saturated rings. The van der Waals surface area contributed by atoms with Gasteiger partial charge in [0.2, 0.25) is 5.82 Å². The van der Waals surface area contributed by atoms with E-state index in [2.05, 4.69) is 9.97 Å². The van der Waals surface area contributed by atoms with Gasteiger partial charge in [-0.15, -0.1) is 0 Å². The Balaban J connectivity index is 2.96. The third-order valence-electron chi connectivity index (χ3n) is 1.05. The van der Waals surface area contributed by atoms with Gasteiger partial charge in [0, 0.05) is 6.20 Å². The molecule has 1 aromatic heterocycles. The smallest absolute Gasteiger partial charge is 0.256 e. The average molecular weight is 169 g/mol. The molecule has 58 valence electrons. The highest BCUT2D eigenvalue weighted by atomic mass is 32.2. The van der Waals surface area contributed by atoms with E-state index in [4.69, 9.17) is 5.73 Å². The molecular formula is C6H7N3OS. The van der Waals surface area contributed by atoms with Gasteiger partial charge < -0.3 is 5.73 Å². The van der Waals surface area contributed by atoms with Gasteiger partial charge in [0.05, 0.1) is 0 Å². The van der Waals surface area contributed by atoms with Crippen molar-refractivity contribution in [2.75, 3.05) is 12.0 Å². The number of hydrogen-bond donors (Lipinski definition) is 1. The molecule has 1 aromatic rings. The molecule has 0 aliphatic heterocycles. The number of nitrogens with two attached hydrogens (primary N) is 1. The lowest BCUT2D eigenvalue weighted by atomic mass is 10.5. The SMILES string of the molecule is CSC(=O)c1nccc(N)n1. The van der Waals surface area contributed by atoms with Crippen LogP contribution in [0.1, 0.15) is 10.6 Å². The monoisotopic (exact) mass is 169 g/mol. The predicted octanol–water partition coefficient (Wildman–Crippen LogP) is 0.562. The summed E-state index contributed by atoms with van der Waals surface area (Å²) in [6.07, 6.45) is 3.14. The van der Waals surface area contributed by atoms with Crippen molar-refractivity contribution in [3.63, 3.8) is 0 Å². The zero-order chi connectivity index (χ0) is 8.27. The molecule has 0 atom stereocenters. The van der Waals surface area contributed by atoms with Crippen molar-refractivity contribution in [2.45, 2.75) is 0 Å². The second kappa shape index (κ2) is 3.34. The summed E-state index contributed by atoms with van der Waals surface area (Å²) in [5.41, 5.74) is 5.34. The van der Waals surface area contributed by atoms with Gasteiger partial charge in [-0.3, -0.25) is 4.79 Å². The Bertz CT molecular complexity index is 276. The average Bonchev–Trinajstić information content (AvgIpc) is 2.03. The Morgan fingerprint density at radius 2 is 2.45 bits per heavy atom. The van der Waals surface area contributed by atoms with E-state index in [0.29, 0.717) is 5.82 Å². The number of nitrogens with zero attached hydrogens (tertiary/aromatic N) is 2. The van der Waals surface area contributed by atoms with Gasteiger partial charge in [0.25, 0.3) is 5.12 Å². The van der Waals surface area contributed by atoms with E-state index in [-0.39, 0.29) is 10.9 Å². The minimum Gasteiger partial charge on any atom is -0.384 e. The van der Waals surface area contributed by atoms with Crippen molar-refractivity contribution in [1.82, 2.24) is 9.97 Å². The van der Waals surface area contributed by atoms with Crippen LogP contribution in [-0.2, 0) is 0 Å². The summed E-state index contributed by atoms with van der Waals surface area (Å²) in [6, 6.07) is 1.54. The number of hydrogen-bond acceptors (Lipinski definition) is 5. The van der Waals surface area contributed by atoms with Crippen molar-refractivity contribution in [3.05, 3.63) is 18.1 Å². The normalized spacial score (nSPS) is 9.55. The number of thioether (sulfide) groups is 1. The van der Waals surface area contributed by atoms with Gasteiger partial charge in [-0.25, -0.2) is 9.97 Å². The molecule has 0 radical (unpaired) electrons. The third-order valence-corrected chi connectivity index (χ3v) is 1.60. The zero-order valence-electron chi connectivity index (χ0n) is 5.94. The summed E-state index contributed by atoms with van der Waals surface area (Å²) < 4.78 is 0. The van der Waals surface area contributed by atoms with Crippen LogP contribution in [0.3, 0.4) is 0 Å². The van der Waals surface area contributed by atoms with E-state index in [9.17, 15) is 4.79 Å². The minimum absolute atomic E-state index is 0.164. The van der Waals surface area contributed by atoms with E-state index in [1.807, 2.05) is 0 Å². The lowest BCUT2D eigenvalue weighted by Crippen LogP contribution is -2.02. The van der Waals surface area contributed by atoms with Crippen LogP contribution in [0.15, 0.2) is 12.3 Å². The van der Waals surface area contributed by atoms with Gasteiger partial charge in [0.1, 0.15) is 5.82 Å². The topological polar surface area (TPSA) is 68.9 Å². The summed E-state index contributed by atoms with van der Waals surface area (Å²) in [5.74, 6) is 0.481. The third kappa shape index (κ3) is 1.91. The van der Waals surface area contributed by atoms with Gasteiger partial charge in [-0.2, -0.15) is 0 Å². The van der Waals surface area contributed by atoms with Crippen molar-refractivity contribution in [2.24, 2.45) is 0 Å². The van der Waals surface area contributed by atoms with Crippen LogP contribution in [0.2, 0.25) is 0 Å². The molecule has 0 aliphatic rings. The zero-order valence-corrected chi connectivity index (χ0v) is 6.76. The highest BCUT2D eigenvalue weighted by Gasteiger charge is 2.05. The van der Waals surface area contributed by atoms with Crippen LogP contribution in [-0.4, -0.2) is 21.3 Å². The van der Waals surface area contributed by atoms with Crippen LogP contribution in [0.4, 0.5) is 5.82 Å². The van der Waals surface area contributed by atoms with Gasteiger partial charge >= 0.3 is 0 Å². The molecule has 11 heavy (non-hydrogen) atoms. The van der Waals surface area contributed by atoms with Crippen LogP contribution in [0.25, 0.3) is 0 Å². The molecule has 1 rings (SSSR count). The van der Waals surface area contributed by atoms with Gasteiger partial charge in [-0.1, -0.05) is 11.8 Å². The molecule has 0 bridgehead atoms. The molecule has 0 saturated carbocycles. The predicted molar refractivity (Wildman–Crippen MR) is 44.3 cm³/mol. The van der Waals surface area contributed by atoms with E-state index < -0.39 is 0 Å². The van der Waals surface area contributed by atoms with E-state index >= 15 is 0 Å². The molecule has 0 spiro atoms. The number of rotatable bonds is 1. The van der Waals surface area contributed by atoms with E-state index in [1.54, 1.807) is 6.26 Å². The Morgan fingerprint density at radius 3 is 3.00 bits per heavy atom. The maximum atomic E-state index is 10.9. The van der Waals surface area contributed by atoms with Crippen molar-refractivity contribution in [1.29, 1.82) is 0 Å². The van der Waals surface area contributed by atoms with Crippen LogP contribution in [0.5, 0.6) is 0 Å². The fourth-order valence-corrected chi connectivity index (χ4v) is 0.843. The van der Waals surface area contributed by atoms with Crippen LogP contribution in [0, 0.1) is 0 Å². The number of carbonyl (C=O) groups is 1. The molecule has 2 N–H and O–H groups in total. The molecule has 0 saturated heterocycles. The fourth-order valence-electron chi connectivity index (χ4n) is 0.562. The lowest BCUT2D eigenvalue weighted by Gasteiger charge is -1.94. The van der Waals surface area contributed by atoms with Crippen molar-refractivity contribution < 1.29 is 4.79 Å². The van der Waals surface area contributed by atoms with Gasteiger partial charge in [-0.05, 0) is 12.3 Å². The minimum atomic E-state index is -0.169. The quantitative estimate of drug-likeness (QED) is 0.665. The first-order valence-corrected chi connectivity index (χ1v) is 4.13. The van der Waals surface area contributed by atoms with E-state index in [0.717, 1.165) is 11.8 Å². The summed E-state index contributed by atoms with van der Waals surface area (Å²) in [7, 11) is 0. The van der Waals surface area contributed by atoms with Crippen molar-refractivity contribution in [3.8, 4) is 0 Å². The highest BCUT2D eigenvalue weighted by Crippen LogP contribution is 2.04. The highest BCUT2D eigenvalue weighted by molar-refractivity contribution is 8.13. The molecule has 0 aromatic carbocycles. The first-order chi connectivity index (χ1) is 5.24. The number of aromatic nitrogens is 2. The lowest BCUT2D eigenvalue weighted by molar-refractivity contribution is 0.108. The first-order valence-electron chi connectivity index (χ1n) is 2.91. The standard InChI is InChI=1S/C6H7N3OS/c1-11-6(10)5-8-3-2-4(7)9-5/h2-3H,1H3,(H2,7,8,9). The van der Waals surface area contributed by atoms with Crippen LogP contribution < -0.4 is 5.73 Å². The first kappa shape index (κ1) is 8.00. The number of nitrogen functional groups attached to an aromatic ring is 1. The molecular weight excluding hydrogens is 162 g/mol. The second-order valence-electron chi connectivity index (χ2n) is 1.80. The largest absolute Gasteiger partial charge is 0.384 e. The molecule has 0 amide bonds. The Kier molecular flexibility index (Phi) is 2.43. The van der Waals surface area contributed by atoms with E-state index in [1.165, 1.54) is 12.3 Å². The molecule has 4 nitrogen and oxygen atoms in total. The number of anilines is 1. The van der Waals surface area contributed by atoms with Crippen molar-refractivity contribution >= 4 is 22.7 Å². The molecule has 5 heteroatoms. The summed E-state index contributed by atoms with van der Waals surface area (Å²) in [4.78, 5) is 18.4. The molecule has 0 aliphatic carbocycles. The molecule has 1 heterocycles. The fraction of sp³-hybridized carbons (Fsp3) is 0.167. The Morgan fingerprint density at radius 1 is 1.73 bits per heavy atom. The maximum absolute atomic E-state index is 10.9. The Labute approximate surface area is 68.2 Å².